The van der Waals surface area contributed by atoms with E-state index in [4.69, 9.17) is 24.2 Å². The molecule has 0 unspecified atom stereocenters. The maximum atomic E-state index is 12.3. The summed E-state index contributed by atoms with van der Waals surface area (Å²) >= 11 is 0. The maximum Gasteiger partial charge on any atom is 0.243 e. The molecule has 3 aliphatic rings. The number of benzene rings is 2. The zero-order valence-electron chi connectivity index (χ0n) is 25.2. The van der Waals surface area contributed by atoms with E-state index in [1.54, 1.807) is 5.48 Å². The molecule has 0 aromatic heterocycles. The Balaban J connectivity index is 1.15. The Morgan fingerprint density at radius 1 is 0.841 bits per heavy atom. The van der Waals surface area contributed by atoms with Gasteiger partial charge in [0.05, 0.1) is 32.0 Å². The fourth-order valence-electron chi connectivity index (χ4n) is 6.07. The third-order valence-corrected chi connectivity index (χ3v) is 8.68. The molecule has 0 bridgehead atoms. The van der Waals surface area contributed by atoms with Crippen LogP contribution in [-0.4, -0.2) is 71.8 Å². The van der Waals surface area contributed by atoms with E-state index in [0.717, 1.165) is 67.6 Å². The van der Waals surface area contributed by atoms with Crippen molar-refractivity contribution in [3.8, 4) is 0 Å². The first-order valence-corrected chi connectivity index (χ1v) is 15.7. The van der Waals surface area contributed by atoms with Crippen molar-refractivity contribution < 1.29 is 38.9 Å². The van der Waals surface area contributed by atoms with Crippen LogP contribution in [0, 0.1) is 0 Å². The molecule has 240 valence electrons. The molecule has 4 N–H and O–H groups in total. The van der Waals surface area contributed by atoms with Crippen LogP contribution in [0.15, 0.2) is 48.5 Å². The van der Waals surface area contributed by atoms with Gasteiger partial charge in [0.25, 0.3) is 0 Å². The molecule has 3 fully saturated rings. The van der Waals surface area contributed by atoms with Gasteiger partial charge in [0, 0.05) is 63.8 Å². The zero-order chi connectivity index (χ0) is 30.8. The number of hydrogen-bond donors (Lipinski definition) is 4. The monoisotopic (exact) mass is 611 g/mol. The number of likely N-dealkylation sites (tertiary alicyclic amines) is 1. The van der Waals surface area contributed by atoms with E-state index in [-0.39, 0.29) is 31.1 Å². The highest BCUT2D eigenvalue weighted by molar-refractivity contribution is 5.76. The molecule has 5 rings (SSSR count). The number of nitrogens with one attached hydrogen (secondary N) is 2. The minimum atomic E-state index is -0.537. The van der Waals surface area contributed by atoms with Crippen LogP contribution in [0.2, 0.25) is 0 Å². The van der Waals surface area contributed by atoms with Crippen molar-refractivity contribution in [1.29, 1.82) is 0 Å². The summed E-state index contributed by atoms with van der Waals surface area (Å²) in [6.45, 7) is 4.33. The Bertz CT molecular complexity index is 1190. The number of aliphatic hydroxyl groups excluding tert-OH is 1. The number of amides is 2. The molecule has 3 saturated heterocycles. The number of carbonyl (C=O) groups excluding carboxylic acids is 2. The summed E-state index contributed by atoms with van der Waals surface area (Å²) in [5.74, 6) is -0.851. The van der Waals surface area contributed by atoms with Crippen molar-refractivity contribution in [3.05, 3.63) is 70.8 Å². The van der Waals surface area contributed by atoms with Gasteiger partial charge in [0.2, 0.25) is 11.8 Å². The standard InChI is InChI=1S/C33H45N3O8/c37-23-25-8-10-26(11-9-25)29-20-28(22-36-16-14-33(15-17-36)41-18-19-42-33)43-32(44-29)27-12-6-24(7-13-27)21-34-30(38)4-2-1-3-5-31(39)35-40/h6-13,28-29,32,37,40H,1-5,14-23H2,(H,34,38)(H,35,39)/t28-,29+,32+/m0/s1. The van der Waals surface area contributed by atoms with E-state index in [1.165, 1.54) is 0 Å². The van der Waals surface area contributed by atoms with Crippen molar-refractivity contribution in [3.63, 3.8) is 0 Å². The predicted molar refractivity (Wildman–Crippen MR) is 160 cm³/mol. The Labute approximate surface area is 258 Å². The Morgan fingerprint density at radius 3 is 2.14 bits per heavy atom. The summed E-state index contributed by atoms with van der Waals surface area (Å²) in [7, 11) is 0. The van der Waals surface area contributed by atoms with E-state index in [2.05, 4.69) is 10.2 Å². The summed E-state index contributed by atoms with van der Waals surface area (Å²) in [4.78, 5) is 25.7. The first kappa shape index (κ1) is 32.5. The SMILES string of the molecule is O=C(CCCCCC(=O)NCc1ccc([C@@H]2O[C@H](CN3CCC4(CC3)OCCO4)C[C@H](c3ccc(CO)cc3)O2)cc1)NO. The number of hydroxylamine groups is 1. The lowest BCUT2D eigenvalue weighted by Gasteiger charge is -2.41. The molecule has 1 spiro atoms. The van der Waals surface area contributed by atoms with Gasteiger partial charge < -0.3 is 34.3 Å². The topological polar surface area (TPSA) is 139 Å². The van der Waals surface area contributed by atoms with Crippen LogP contribution in [0.1, 0.15) is 86.0 Å². The van der Waals surface area contributed by atoms with Gasteiger partial charge in [-0.25, -0.2) is 5.48 Å². The summed E-state index contributed by atoms with van der Waals surface area (Å²) < 4.78 is 24.8. The summed E-state index contributed by atoms with van der Waals surface area (Å²) in [5, 5.41) is 21.0. The lowest BCUT2D eigenvalue weighted by Crippen LogP contribution is -2.48. The molecule has 0 aliphatic carbocycles. The Kier molecular flexibility index (Phi) is 11.7. The highest BCUT2D eigenvalue weighted by atomic mass is 16.7. The highest BCUT2D eigenvalue weighted by Gasteiger charge is 2.41. The third kappa shape index (κ3) is 9.07. The first-order chi connectivity index (χ1) is 21.4. The molecular weight excluding hydrogens is 566 g/mol. The normalized spacial score (nSPS) is 23.5. The molecule has 3 aliphatic heterocycles. The van der Waals surface area contributed by atoms with Crippen LogP contribution in [-0.2, 0) is 41.7 Å². The molecule has 0 radical (unpaired) electrons. The van der Waals surface area contributed by atoms with E-state index >= 15 is 0 Å². The van der Waals surface area contributed by atoms with Crippen LogP contribution in [0.3, 0.4) is 0 Å². The largest absolute Gasteiger partial charge is 0.392 e. The number of carbonyl (C=O) groups is 2. The quantitative estimate of drug-likeness (QED) is 0.152. The molecule has 11 heteroatoms. The first-order valence-electron chi connectivity index (χ1n) is 15.7. The van der Waals surface area contributed by atoms with E-state index in [9.17, 15) is 14.7 Å². The molecule has 2 aromatic carbocycles. The van der Waals surface area contributed by atoms with Gasteiger partial charge >= 0.3 is 0 Å². The van der Waals surface area contributed by atoms with Crippen LogP contribution >= 0.6 is 0 Å². The number of ether oxygens (including phenoxy) is 4. The lowest BCUT2D eigenvalue weighted by atomic mass is 9.98. The molecule has 0 saturated carbocycles. The second-order valence-electron chi connectivity index (χ2n) is 11.9. The molecule has 44 heavy (non-hydrogen) atoms. The number of nitrogens with zero attached hydrogens (tertiary/aromatic N) is 1. The number of piperidine rings is 1. The van der Waals surface area contributed by atoms with Crippen molar-refractivity contribution in [2.24, 2.45) is 0 Å². The predicted octanol–water partition coefficient (Wildman–Crippen LogP) is 3.64. The molecule has 3 atom stereocenters. The summed E-state index contributed by atoms with van der Waals surface area (Å²) in [5.41, 5.74) is 5.43. The summed E-state index contributed by atoms with van der Waals surface area (Å²) in [6.07, 6.45) is 4.41. The minimum absolute atomic E-state index is 0.00234. The molecular formula is C33H45N3O8. The lowest BCUT2D eigenvalue weighted by molar-refractivity contribution is -0.255. The number of rotatable bonds is 13. The van der Waals surface area contributed by atoms with Gasteiger partial charge in [0.1, 0.15) is 0 Å². The maximum absolute atomic E-state index is 12.3. The van der Waals surface area contributed by atoms with Crippen LogP contribution in [0.25, 0.3) is 0 Å². The van der Waals surface area contributed by atoms with Crippen molar-refractivity contribution in [2.45, 2.75) is 88.8 Å². The van der Waals surface area contributed by atoms with Crippen molar-refractivity contribution >= 4 is 11.8 Å². The van der Waals surface area contributed by atoms with Gasteiger partial charge in [-0.15, -0.1) is 0 Å². The number of unbranched alkanes of at least 4 members (excludes halogenated alkanes) is 2. The van der Waals surface area contributed by atoms with Crippen molar-refractivity contribution in [2.75, 3.05) is 32.8 Å². The minimum Gasteiger partial charge on any atom is -0.392 e. The Morgan fingerprint density at radius 2 is 1.48 bits per heavy atom. The number of aliphatic hydroxyl groups is 1. The second-order valence-corrected chi connectivity index (χ2v) is 11.9. The van der Waals surface area contributed by atoms with Gasteiger partial charge in [-0.3, -0.25) is 14.8 Å². The summed E-state index contributed by atoms with van der Waals surface area (Å²) in [6, 6.07) is 15.9. The van der Waals surface area contributed by atoms with E-state index in [0.29, 0.717) is 39.0 Å². The molecule has 3 heterocycles. The van der Waals surface area contributed by atoms with Crippen LogP contribution in [0.4, 0.5) is 0 Å². The van der Waals surface area contributed by atoms with Gasteiger partial charge in [-0.05, 0) is 29.5 Å². The highest BCUT2D eigenvalue weighted by Crippen LogP contribution is 2.39. The molecule has 2 amide bonds. The van der Waals surface area contributed by atoms with E-state index in [1.807, 2.05) is 48.5 Å². The van der Waals surface area contributed by atoms with E-state index < -0.39 is 18.0 Å². The van der Waals surface area contributed by atoms with Crippen LogP contribution < -0.4 is 10.8 Å². The average molecular weight is 612 g/mol. The molecule has 11 nitrogen and oxygen atoms in total. The van der Waals surface area contributed by atoms with Crippen molar-refractivity contribution in [1.82, 2.24) is 15.7 Å². The Hall–Kier alpha value is -2.90. The van der Waals surface area contributed by atoms with Crippen LogP contribution in [0.5, 0.6) is 0 Å². The fraction of sp³-hybridized carbons (Fsp3) is 0.576. The average Bonchev–Trinajstić information content (AvgIpc) is 3.52. The molecule has 2 aromatic rings. The fourth-order valence-corrected chi connectivity index (χ4v) is 6.07. The third-order valence-electron chi connectivity index (χ3n) is 8.68. The van der Waals surface area contributed by atoms with Gasteiger partial charge in [-0.2, -0.15) is 0 Å². The van der Waals surface area contributed by atoms with Gasteiger partial charge in [-0.1, -0.05) is 55.0 Å². The smallest absolute Gasteiger partial charge is 0.243 e. The number of hydrogen-bond acceptors (Lipinski definition) is 9. The van der Waals surface area contributed by atoms with Gasteiger partial charge in [0.15, 0.2) is 12.1 Å². The zero-order valence-corrected chi connectivity index (χ0v) is 25.2. The second kappa shape index (κ2) is 15.9.